The smallest absolute Gasteiger partial charge is 0.285 e. The molecule has 6 nitrogen and oxygen atoms in total. The van der Waals surface area contributed by atoms with Gasteiger partial charge >= 0.3 is 0 Å². The van der Waals surface area contributed by atoms with Crippen LogP contribution in [0.5, 0.6) is 0 Å². The lowest BCUT2D eigenvalue weighted by atomic mass is 10.2. The first-order valence-corrected chi connectivity index (χ1v) is 6.25. The van der Waals surface area contributed by atoms with Crippen molar-refractivity contribution >= 4 is 29.2 Å². The minimum absolute atomic E-state index is 0.0279. The predicted octanol–water partition coefficient (Wildman–Crippen LogP) is 1.94. The third-order valence-electron chi connectivity index (χ3n) is 2.60. The van der Waals surface area contributed by atoms with Crippen LogP contribution in [0.25, 0.3) is 0 Å². The second-order valence-corrected chi connectivity index (χ2v) is 4.66. The second-order valence-electron chi connectivity index (χ2n) is 4.28. The average molecular weight is 292 g/mol. The number of H-pyrrole nitrogens is 1. The fourth-order valence-electron chi connectivity index (χ4n) is 1.50. The molecule has 0 aliphatic rings. The van der Waals surface area contributed by atoms with Crippen molar-refractivity contribution in [2.75, 3.05) is 24.4 Å². The molecule has 2 N–H and O–H groups in total. The first-order valence-electron chi connectivity index (χ1n) is 5.87. The van der Waals surface area contributed by atoms with Gasteiger partial charge in [0.2, 0.25) is 0 Å². The maximum atomic E-state index is 11.2. The summed E-state index contributed by atoms with van der Waals surface area (Å²) in [6.45, 7) is 0. The Morgan fingerprint density at radius 1 is 1.35 bits per heavy atom. The summed E-state index contributed by atoms with van der Waals surface area (Å²) in [5, 5.41) is 9.92. The Kier molecular flexibility index (Phi) is 4.37. The third kappa shape index (κ3) is 3.36. The summed E-state index contributed by atoms with van der Waals surface area (Å²) in [6, 6.07) is 7.86. The predicted molar refractivity (Wildman–Crippen MR) is 81.9 cm³/mol. The Bertz CT molecular complexity index is 663. The van der Waals surface area contributed by atoms with Crippen molar-refractivity contribution in [1.29, 1.82) is 0 Å². The van der Waals surface area contributed by atoms with Crippen molar-refractivity contribution < 1.29 is 0 Å². The van der Waals surface area contributed by atoms with Gasteiger partial charge in [-0.05, 0) is 17.7 Å². The van der Waals surface area contributed by atoms with Crippen LogP contribution in [0.2, 0.25) is 5.02 Å². The molecule has 0 bridgehead atoms. The number of nitrogens with zero attached hydrogens (tertiary/aromatic N) is 3. The van der Waals surface area contributed by atoms with Crippen LogP contribution in [0.1, 0.15) is 5.56 Å². The van der Waals surface area contributed by atoms with Gasteiger partial charge in [-0.15, -0.1) is 0 Å². The number of hydrogen-bond acceptors (Lipinski definition) is 5. The number of nitrogens with one attached hydrogen (secondary N) is 2. The fourth-order valence-corrected chi connectivity index (χ4v) is 1.63. The van der Waals surface area contributed by atoms with Crippen molar-refractivity contribution in [3.05, 3.63) is 51.4 Å². The standard InChI is InChI=1S/C13H14ClN5O/c1-19(2)10-5-3-9(4-6-10)7-15-17-11-8-16-18-13(20)12(11)14/h3-8H,1-2H3,(H2,17,18,20)/b15-7-. The molecule has 7 heteroatoms. The minimum atomic E-state index is -0.456. The number of hydrogen-bond donors (Lipinski definition) is 2. The lowest BCUT2D eigenvalue weighted by Crippen LogP contribution is -2.10. The summed E-state index contributed by atoms with van der Waals surface area (Å²) in [6.07, 6.45) is 3.03. The van der Waals surface area contributed by atoms with E-state index in [9.17, 15) is 4.79 Å². The van der Waals surface area contributed by atoms with Gasteiger partial charge in [-0.1, -0.05) is 23.7 Å². The topological polar surface area (TPSA) is 73.4 Å². The summed E-state index contributed by atoms with van der Waals surface area (Å²) in [7, 11) is 3.96. The molecule has 1 heterocycles. The highest BCUT2D eigenvalue weighted by Crippen LogP contribution is 2.14. The van der Waals surface area contributed by atoms with Gasteiger partial charge in [0.15, 0.2) is 0 Å². The van der Waals surface area contributed by atoms with E-state index < -0.39 is 5.56 Å². The molecule has 0 spiro atoms. The normalized spacial score (nSPS) is 10.8. The highest BCUT2D eigenvalue weighted by molar-refractivity contribution is 6.32. The van der Waals surface area contributed by atoms with Crippen molar-refractivity contribution in [2.45, 2.75) is 0 Å². The molecule has 2 aromatic rings. The van der Waals surface area contributed by atoms with Crippen molar-refractivity contribution in [1.82, 2.24) is 10.2 Å². The van der Waals surface area contributed by atoms with Crippen LogP contribution in [0.3, 0.4) is 0 Å². The van der Waals surface area contributed by atoms with Crippen LogP contribution in [0.4, 0.5) is 11.4 Å². The number of rotatable bonds is 4. The van der Waals surface area contributed by atoms with Gasteiger partial charge in [-0.3, -0.25) is 10.2 Å². The lowest BCUT2D eigenvalue weighted by molar-refractivity contribution is 0.987. The van der Waals surface area contributed by atoms with Crippen LogP contribution < -0.4 is 15.9 Å². The molecule has 104 valence electrons. The van der Waals surface area contributed by atoms with E-state index in [2.05, 4.69) is 20.7 Å². The van der Waals surface area contributed by atoms with Crippen LogP contribution in [0, 0.1) is 0 Å². The highest BCUT2D eigenvalue weighted by atomic mass is 35.5. The van der Waals surface area contributed by atoms with Gasteiger partial charge in [0.1, 0.15) is 10.7 Å². The van der Waals surface area contributed by atoms with Gasteiger partial charge in [0, 0.05) is 19.8 Å². The summed E-state index contributed by atoms with van der Waals surface area (Å²) in [5.41, 5.74) is 4.62. The van der Waals surface area contributed by atoms with Gasteiger partial charge in [0.25, 0.3) is 5.56 Å². The van der Waals surface area contributed by atoms with Gasteiger partial charge in [-0.2, -0.15) is 10.2 Å². The van der Waals surface area contributed by atoms with E-state index >= 15 is 0 Å². The first-order chi connectivity index (χ1) is 9.58. The molecule has 1 aromatic carbocycles. The lowest BCUT2D eigenvalue weighted by Gasteiger charge is -2.11. The molecule has 0 aliphatic heterocycles. The van der Waals surface area contributed by atoms with Crippen LogP contribution >= 0.6 is 11.6 Å². The van der Waals surface area contributed by atoms with Crippen molar-refractivity contribution in [3.8, 4) is 0 Å². The summed E-state index contributed by atoms with van der Waals surface area (Å²) in [5.74, 6) is 0. The molecule has 0 fully saturated rings. The zero-order valence-electron chi connectivity index (χ0n) is 11.1. The summed E-state index contributed by atoms with van der Waals surface area (Å²) >= 11 is 5.80. The van der Waals surface area contributed by atoms with E-state index in [4.69, 9.17) is 11.6 Å². The Labute approximate surface area is 121 Å². The number of aromatic amines is 1. The number of hydrazone groups is 1. The van der Waals surface area contributed by atoms with E-state index in [1.165, 1.54) is 6.20 Å². The summed E-state index contributed by atoms with van der Waals surface area (Å²) in [4.78, 5) is 13.2. The molecule has 0 aliphatic carbocycles. The molecule has 0 saturated heterocycles. The SMILES string of the molecule is CN(C)c1ccc(/C=N\Nc2cn[nH]c(=O)c2Cl)cc1. The molecule has 0 amide bonds. The Morgan fingerprint density at radius 3 is 2.70 bits per heavy atom. The highest BCUT2D eigenvalue weighted by Gasteiger charge is 2.02. The average Bonchev–Trinajstić information content (AvgIpc) is 2.44. The Balaban J connectivity index is 2.06. The van der Waals surface area contributed by atoms with E-state index in [0.717, 1.165) is 11.3 Å². The largest absolute Gasteiger partial charge is 0.378 e. The van der Waals surface area contributed by atoms with E-state index in [1.807, 2.05) is 43.3 Å². The Morgan fingerprint density at radius 2 is 2.05 bits per heavy atom. The molecule has 0 radical (unpaired) electrons. The molecule has 0 unspecified atom stereocenters. The van der Waals surface area contributed by atoms with Crippen LogP contribution in [-0.4, -0.2) is 30.5 Å². The Hall–Kier alpha value is -2.34. The number of anilines is 2. The fraction of sp³-hybridized carbons (Fsp3) is 0.154. The van der Waals surface area contributed by atoms with E-state index in [1.54, 1.807) is 6.21 Å². The number of halogens is 1. The molecule has 0 saturated carbocycles. The quantitative estimate of drug-likeness (QED) is 0.667. The van der Waals surface area contributed by atoms with Gasteiger partial charge < -0.3 is 4.90 Å². The van der Waals surface area contributed by atoms with Crippen LogP contribution in [0.15, 0.2) is 40.4 Å². The molecular formula is C13H14ClN5O. The molecule has 2 rings (SSSR count). The maximum Gasteiger partial charge on any atom is 0.285 e. The number of aromatic nitrogens is 2. The van der Waals surface area contributed by atoms with E-state index in [-0.39, 0.29) is 5.02 Å². The van der Waals surface area contributed by atoms with Gasteiger partial charge in [0.05, 0.1) is 12.4 Å². The minimum Gasteiger partial charge on any atom is -0.378 e. The van der Waals surface area contributed by atoms with Crippen molar-refractivity contribution in [3.63, 3.8) is 0 Å². The van der Waals surface area contributed by atoms with E-state index in [0.29, 0.717) is 5.69 Å². The molecule has 0 atom stereocenters. The summed E-state index contributed by atoms with van der Waals surface area (Å²) < 4.78 is 0. The molecule has 1 aromatic heterocycles. The first kappa shape index (κ1) is 14.1. The molecular weight excluding hydrogens is 278 g/mol. The zero-order valence-corrected chi connectivity index (χ0v) is 11.8. The maximum absolute atomic E-state index is 11.2. The number of benzene rings is 1. The van der Waals surface area contributed by atoms with Crippen LogP contribution in [-0.2, 0) is 0 Å². The van der Waals surface area contributed by atoms with Crippen molar-refractivity contribution in [2.24, 2.45) is 5.10 Å². The molecule has 20 heavy (non-hydrogen) atoms. The monoisotopic (exact) mass is 291 g/mol. The zero-order chi connectivity index (χ0) is 14.5. The second kappa shape index (κ2) is 6.21. The van der Waals surface area contributed by atoms with Gasteiger partial charge in [-0.25, -0.2) is 5.10 Å². The third-order valence-corrected chi connectivity index (χ3v) is 2.98.